The van der Waals surface area contributed by atoms with Crippen molar-refractivity contribution in [2.75, 3.05) is 6.61 Å². The monoisotopic (exact) mass is 119 g/mol. The van der Waals surface area contributed by atoms with Gasteiger partial charge in [-0.05, 0) is 6.42 Å². The van der Waals surface area contributed by atoms with Gasteiger partial charge in [-0.25, -0.2) is 0 Å². The Hall–Kier alpha value is -0.120. The quantitative estimate of drug-likeness (QED) is 0.474. The smallest absolute Gasteiger partial charge is 0.0824 e. The number of aliphatic hydroxyl groups excluding tert-OH is 3. The number of rotatable bonds is 4. The molecule has 1 radical (unpaired) electrons. The summed E-state index contributed by atoms with van der Waals surface area (Å²) >= 11 is 0. The molecular weight excluding hydrogens is 108 g/mol. The Morgan fingerprint density at radius 3 is 2.50 bits per heavy atom. The molecule has 0 aliphatic rings. The van der Waals surface area contributed by atoms with Crippen LogP contribution in [-0.4, -0.2) is 28.0 Å². The van der Waals surface area contributed by atoms with Crippen molar-refractivity contribution in [3.8, 4) is 0 Å². The van der Waals surface area contributed by atoms with E-state index in [9.17, 15) is 0 Å². The Labute approximate surface area is 48.6 Å². The predicted molar refractivity (Wildman–Crippen MR) is 28.6 cm³/mol. The van der Waals surface area contributed by atoms with Crippen LogP contribution < -0.4 is 0 Å². The van der Waals surface area contributed by atoms with Crippen molar-refractivity contribution in [1.82, 2.24) is 0 Å². The summed E-state index contributed by atoms with van der Waals surface area (Å²) in [5, 5.41) is 25.0. The van der Waals surface area contributed by atoms with E-state index >= 15 is 0 Å². The second-order valence-corrected chi connectivity index (χ2v) is 1.58. The van der Waals surface area contributed by atoms with Gasteiger partial charge in [0.05, 0.1) is 12.7 Å². The maximum absolute atomic E-state index is 8.70. The van der Waals surface area contributed by atoms with Crippen LogP contribution in [0.25, 0.3) is 0 Å². The molecule has 0 rings (SSSR count). The molecule has 1 atom stereocenters. The lowest BCUT2D eigenvalue weighted by atomic mass is 10.2. The van der Waals surface area contributed by atoms with Crippen molar-refractivity contribution in [3.63, 3.8) is 0 Å². The minimum absolute atomic E-state index is 0.0327. The fraction of sp³-hybridized carbons (Fsp3) is 0.800. The average Bonchev–Trinajstić information content (AvgIpc) is 1.68. The van der Waals surface area contributed by atoms with E-state index in [-0.39, 0.29) is 13.0 Å². The fourth-order valence-corrected chi connectivity index (χ4v) is 0.389. The summed E-state index contributed by atoms with van der Waals surface area (Å²) in [6, 6.07) is 0. The topological polar surface area (TPSA) is 60.7 Å². The maximum atomic E-state index is 8.70. The highest BCUT2D eigenvalue weighted by Gasteiger charge is 1.99. The Morgan fingerprint density at radius 1 is 1.50 bits per heavy atom. The second-order valence-electron chi connectivity index (χ2n) is 1.58. The highest BCUT2D eigenvalue weighted by atomic mass is 16.3. The molecule has 0 bridgehead atoms. The van der Waals surface area contributed by atoms with Crippen LogP contribution >= 0.6 is 0 Å². The maximum Gasteiger partial charge on any atom is 0.0824 e. The second kappa shape index (κ2) is 5.03. The van der Waals surface area contributed by atoms with Crippen molar-refractivity contribution < 1.29 is 15.3 Å². The van der Waals surface area contributed by atoms with Crippen LogP contribution in [-0.2, 0) is 0 Å². The summed E-state index contributed by atoms with van der Waals surface area (Å²) in [6.45, 7) is 0.856. The molecule has 8 heavy (non-hydrogen) atoms. The Morgan fingerprint density at radius 2 is 2.12 bits per heavy atom. The first kappa shape index (κ1) is 7.88. The minimum Gasteiger partial charge on any atom is -0.396 e. The van der Waals surface area contributed by atoms with E-state index in [1.165, 1.54) is 0 Å². The number of hydrogen-bond donors (Lipinski definition) is 3. The van der Waals surface area contributed by atoms with Gasteiger partial charge in [0, 0.05) is 13.0 Å². The molecule has 0 saturated heterocycles. The first-order valence-corrected chi connectivity index (χ1v) is 2.56. The van der Waals surface area contributed by atoms with Crippen LogP contribution in [0.15, 0.2) is 0 Å². The zero-order chi connectivity index (χ0) is 6.41. The van der Waals surface area contributed by atoms with Gasteiger partial charge >= 0.3 is 0 Å². The van der Waals surface area contributed by atoms with E-state index in [2.05, 4.69) is 0 Å². The third kappa shape index (κ3) is 4.05. The van der Waals surface area contributed by atoms with Crippen molar-refractivity contribution in [1.29, 1.82) is 0 Å². The number of aliphatic hydroxyl groups is 3. The first-order chi connectivity index (χ1) is 3.81. The lowest BCUT2D eigenvalue weighted by molar-refractivity contribution is 0.120. The largest absolute Gasteiger partial charge is 0.396 e. The van der Waals surface area contributed by atoms with E-state index in [1.807, 2.05) is 0 Å². The molecule has 3 heteroatoms. The van der Waals surface area contributed by atoms with E-state index in [0.717, 1.165) is 6.61 Å². The molecule has 1 unspecified atom stereocenters. The van der Waals surface area contributed by atoms with Gasteiger partial charge in [0.1, 0.15) is 0 Å². The highest BCUT2D eigenvalue weighted by Crippen LogP contribution is 1.96. The molecular formula is C5H11O3. The zero-order valence-corrected chi connectivity index (χ0v) is 4.62. The lowest BCUT2D eigenvalue weighted by Gasteiger charge is -2.03. The van der Waals surface area contributed by atoms with Crippen LogP contribution in [0.1, 0.15) is 12.8 Å². The minimum atomic E-state index is -0.593. The predicted octanol–water partition coefficient (Wildman–Crippen LogP) is -0.346. The van der Waals surface area contributed by atoms with Crippen LogP contribution in [0.4, 0.5) is 0 Å². The van der Waals surface area contributed by atoms with Crippen molar-refractivity contribution in [2.45, 2.75) is 18.9 Å². The van der Waals surface area contributed by atoms with Crippen molar-refractivity contribution in [3.05, 3.63) is 6.61 Å². The Bertz CT molecular complexity index is 40.9. The summed E-state index contributed by atoms with van der Waals surface area (Å²) in [5.41, 5.74) is 0. The van der Waals surface area contributed by atoms with E-state index in [0.29, 0.717) is 6.42 Å². The van der Waals surface area contributed by atoms with Gasteiger partial charge in [-0.15, -0.1) is 0 Å². The van der Waals surface area contributed by atoms with Crippen LogP contribution in [0, 0.1) is 6.61 Å². The summed E-state index contributed by atoms with van der Waals surface area (Å²) < 4.78 is 0. The van der Waals surface area contributed by atoms with E-state index in [1.54, 1.807) is 0 Å². The molecule has 0 fully saturated rings. The van der Waals surface area contributed by atoms with Gasteiger partial charge in [-0.1, -0.05) is 0 Å². The third-order valence-corrected chi connectivity index (χ3v) is 0.840. The standard InChI is InChI=1S/C5H11O3/c6-3-1-5(8)2-4-7/h3,5-8H,1-2,4H2. The molecule has 0 aromatic rings. The highest BCUT2D eigenvalue weighted by molar-refractivity contribution is 4.58. The molecule has 3 nitrogen and oxygen atoms in total. The van der Waals surface area contributed by atoms with Crippen LogP contribution in [0.5, 0.6) is 0 Å². The molecule has 0 aliphatic heterocycles. The van der Waals surface area contributed by atoms with Gasteiger partial charge < -0.3 is 15.3 Å². The summed E-state index contributed by atoms with van der Waals surface area (Å²) in [4.78, 5) is 0. The van der Waals surface area contributed by atoms with Gasteiger partial charge in [-0.3, -0.25) is 0 Å². The molecule has 0 saturated carbocycles. The van der Waals surface area contributed by atoms with Gasteiger partial charge in [0.15, 0.2) is 0 Å². The molecule has 49 valence electrons. The van der Waals surface area contributed by atoms with Gasteiger partial charge in [0.25, 0.3) is 0 Å². The zero-order valence-electron chi connectivity index (χ0n) is 4.62. The third-order valence-electron chi connectivity index (χ3n) is 0.840. The molecule has 3 N–H and O–H groups in total. The molecule has 0 heterocycles. The van der Waals surface area contributed by atoms with E-state index in [4.69, 9.17) is 15.3 Å². The molecule has 0 spiro atoms. The average molecular weight is 119 g/mol. The normalized spacial score (nSPS) is 10.5. The summed E-state index contributed by atoms with van der Waals surface area (Å²) in [5.74, 6) is 0. The SMILES string of the molecule is O[CH]CC(O)CCO. The van der Waals surface area contributed by atoms with Crippen molar-refractivity contribution >= 4 is 0 Å². The fourth-order valence-electron chi connectivity index (χ4n) is 0.389. The van der Waals surface area contributed by atoms with Crippen LogP contribution in [0.3, 0.4) is 0 Å². The number of hydrogen-bond acceptors (Lipinski definition) is 3. The Balaban J connectivity index is 2.92. The molecule has 0 aromatic heterocycles. The van der Waals surface area contributed by atoms with Gasteiger partial charge in [-0.2, -0.15) is 0 Å². The lowest BCUT2D eigenvalue weighted by Crippen LogP contribution is -2.08. The van der Waals surface area contributed by atoms with Crippen LogP contribution in [0.2, 0.25) is 0 Å². The van der Waals surface area contributed by atoms with Crippen molar-refractivity contribution in [2.24, 2.45) is 0 Å². The molecule has 0 aliphatic carbocycles. The van der Waals surface area contributed by atoms with Gasteiger partial charge in [0.2, 0.25) is 0 Å². The summed E-state index contributed by atoms with van der Waals surface area (Å²) in [6.07, 6.45) is -0.0255. The summed E-state index contributed by atoms with van der Waals surface area (Å²) in [7, 11) is 0. The van der Waals surface area contributed by atoms with E-state index < -0.39 is 6.10 Å². The first-order valence-electron chi connectivity index (χ1n) is 2.56. The molecule has 0 aromatic carbocycles. The molecule has 0 amide bonds. The Kier molecular flexibility index (Phi) is 4.95.